The zero-order valence-corrected chi connectivity index (χ0v) is 7.31. The maximum Gasteiger partial charge on any atom is 0.156 e. The predicted octanol–water partition coefficient (Wildman–Crippen LogP) is 1.28. The van der Waals surface area contributed by atoms with E-state index in [4.69, 9.17) is 0 Å². The number of carbonyl (C=O) groups excluding carboxylic acids is 1. The van der Waals surface area contributed by atoms with Crippen molar-refractivity contribution >= 4 is 5.78 Å². The Hall–Kier alpha value is -0.630. The number of carbonyl (C=O) groups is 1. The monoisotopic (exact) mass is 165 g/mol. The van der Waals surface area contributed by atoms with Crippen LogP contribution in [0.5, 0.6) is 0 Å². The molecule has 1 unspecified atom stereocenters. The van der Waals surface area contributed by atoms with E-state index in [0.717, 1.165) is 25.9 Å². The highest BCUT2D eigenvalue weighted by Gasteiger charge is 2.33. The molecule has 1 aliphatic carbocycles. The topological polar surface area (TPSA) is 29.1 Å². The average Bonchev–Trinajstić information content (AvgIpc) is 2.30. The van der Waals surface area contributed by atoms with Crippen molar-refractivity contribution in [2.75, 3.05) is 13.1 Å². The highest BCUT2D eigenvalue weighted by atomic mass is 16.1. The van der Waals surface area contributed by atoms with Crippen LogP contribution in [0.3, 0.4) is 0 Å². The van der Waals surface area contributed by atoms with Crippen LogP contribution in [-0.2, 0) is 4.79 Å². The van der Waals surface area contributed by atoms with Gasteiger partial charge < -0.3 is 5.32 Å². The minimum Gasteiger partial charge on any atom is -0.317 e. The van der Waals surface area contributed by atoms with Gasteiger partial charge in [-0.05, 0) is 43.8 Å². The lowest BCUT2D eigenvalue weighted by molar-refractivity contribution is -0.115. The van der Waals surface area contributed by atoms with Crippen molar-refractivity contribution in [3.05, 3.63) is 12.2 Å². The molecule has 0 amide bonds. The number of hydrogen-bond donors (Lipinski definition) is 1. The zero-order chi connectivity index (χ0) is 8.44. The molecule has 2 heteroatoms. The van der Waals surface area contributed by atoms with E-state index >= 15 is 0 Å². The van der Waals surface area contributed by atoms with Crippen molar-refractivity contribution in [1.82, 2.24) is 5.32 Å². The molecule has 2 nitrogen and oxygen atoms in total. The Morgan fingerprint density at radius 3 is 3.00 bits per heavy atom. The van der Waals surface area contributed by atoms with Crippen LogP contribution in [-0.4, -0.2) is 18.9 Å². The normalized spacial score (nSPS) is 35.8. The summed E-state index contributed by atoms with van der Waals surface area (Å²) in [5, 5.41) is 3.37. The fraction of sp³-hybridized carbons (Fsp3) is 0.700. The van der Waals surface area contributed by atoms with E-state index in [-0.39, 0.29) is 5.41 Å². The van der Waals surface area contributed by atoms with E-state index in [2.05, 4.69) is 11.4 Å². The van der Waals surface area contributed by atoms with Crippen LogP contribution in [0.4, 0.5) is 0 Å². The van der Waals surface area contributed by atoms with E-state index in [0.29, 0.717) is 5.78 Å². The Morgan fingerprint density at radius 1 is 1.33 bits per heavy atom. The molecule has 0 aromatic rings. The third-order valence-electron chi connectivity index (χ3n) is 2.98. The summed E-state index contributed by atoms with van der Waals surface area (Å²) < 4.78 is 0. The van der Waals surface area contributed by atoms with Gasteiger partial charge in [-0.3, -0.25) is 4.79 Å². The summed E-state index contributed by atoms with van der Waals surface area (Å²) in [5.41, 5.74) is 0.237. The summed E-state index contributed by atoms with van der Waals surface area (Å²) in [6.45, 7) is 2.18. The summed E-state index contributed by atoms with van der Waals surface area (Å²) >= 11 is 0. The van der Waals surface area contributed by atoms with Gasteiger partial charge in [-0.2, -0.15) is 0 Å². The Labute approximate surface area is 73.0 Å². The number of nitrogens with one attached hydrogen (secondary N) is 1. The van der Waals surface area contributed by atoms with Gasteiger partial charge in [-0.25, -0.2) is 0 Å². The lowest BCUT2D eigenvalue weighted by Crippen LogP contribution is -2.19. The Balaban J connectivity index is 2.09. The van der Waals surface area contributed by atoms with E-state index in [1.54, 1.807) is 6.08 Å². The predicted molar refractivity (Wildman–Crippen MR) is 47.9 cm³/mol. The molecule has 0 bridgehead atoms. The molecule has 0 aromatic heterocycles. The second kappa shape index (κ2) is 3.02. The molecule has 1 spiro atoms. The smallest absolute Gasteiger partial charge is 0.156 e. The Morgan fingerprint density at radius 2 is 2.25 bits per heavy atom. The van der Waals surface area contributed by atoms with Crippen LogP contribution in [0.25, 0.3) is 0 Å². The minimum atomic E-state index is 0.237. The highest BCUT2D eigenvalue weighted by molar-refractivity contribution is 5.93. The maximum absolute atomic E-state index is 11.1. The van der Waals surface area contributed by atoms with E-state index in [9.17, 15) is 4.79 Å². The van der Waals surface area contributed by atoms with Crippen LogP contribution in [0.2, 0.25) is 0 Å². The van der Waals surface area contributed by atoms with Gasteiger partial charge in [-0.15, -0.1) is 0 Å². The van der Waals surface area contributed by atoms with Crippen LogP contribution in [0.15, 0.2) is 12.2 Å². The first-order chi connectivity index (χ1) is 5.81. The molecule has 1 fully saturated rings. The second-order valence-electron chi connectivity index (χ2n) is 3.94. The Bertz CT molecular complexity index is 212. The lowest BCUT2D eigenvalue weighted by Gasteiger charge is -2.23. The molecule has 1 aliphatic heterocycles. The summed E-state index contributed by atoms with van der Waals surface area (Å²) in [7, 11) is 0. The van der Waals surface area contributed by atoms with Gasteiger partial charge in [-0.1, -0.05) is 6.08 Å². The van der Waals surface area contributed by atoms with Crippen molar-refractivity contribution in [1.29, 1.82) is 0 Å². The SMILES string of the molecule is O=C1C=CC2(CCCNCC2)C1. The molecule has 1 N–H and O–H groups in total. The molecular weight excluding hydrogens is 150 g/mol. The number of hydrogen-bond acceptors (Lipinski definition) is 2. The summed E-state index contributed by atoms with van der Waals surface area (Å²) in [5.74, 6) is 0.317. The molecule has 2 aliphatic rings. The molecule has 0 radical (unpaired) electrons. The molecule has 1 heterocycles. The van der Waals surface area contributed by atoms with Gasteiger partial charge in [0.15, 0.2) is 5.78 Å². The first kappa shape index (κ1) is 7.99. The zero-order valence-electron chi connectivity index (χ0n) is 7.31. The third-order valence-corrected chi connectivity index (χ3v) is 2.98. The third kappa shape index (κ3) is 1.44. The fourth-order valence-electron chi connectivity index (χ4n) is 2.23. The number of ketones is 1. The van der Waals surface area contributed by atoms with Gasteiger partial charge in [0.25, 0.3) is 0 Å². The van der Waals surface area contributed by atoms with Gasteiger partial charge in [0, 0.05) is 6.42 Å². The molecule has 0 aromatic carbocycles. The first-order valence-corrected chi connectivity index (χ1v) is 4.74. The molecule has 2 rings (SSSR count). The van der Waals surface area contributed by atoms with Crippen LogP contribution in [0, 0.1) is 5.41 Å². The van der Waals surface area contributed by atoms with E-state index in [1.807, 2.05) is 0 Å². The molecule has 1 atom stereocenters. The van der Waals surface area contributed by atoms with Crippen molar-refractivity contribution in [2.45, 2.75) is 25.7 Å². The number of rotatable bonds is 0. The molecule has 0 saturated carbocycles. The largest absolute Gasteiger partial charge is 0.317 e. The van der Waals surface area contributed by atoms with Crippen molar-refractivity contribution in [3.63, 3.8) is 0 Å². The van der Waals surface area contributed by atoms with Gasteiger partial charge >= 0.3 is 0 Å². The lowest BCUT2D eigenvalue weighted by atomic mass is 9.80. The molecular formula is C10H15NO. The van der Waals surface area contributed by atoms with Crippen molar-refractivity contribution < 1.29 is 4.79 Å². The van der Waals surface area contributed by atoms with Crippen molar-refractivity contribution in [2.24, 2.45) is 5.41 Å². The Kier molecular flexibility index (Phi) is 2.01. The van der Waals surface area contributed by atoms with Crippen molar-refractivity contribution in [3.8, 4) is 0 Å². The van der Waals surface area contributed by atoms with Crippen LogP contribution >= 0.6 is 0 Å². The highest BCUT2D eigenvalue weighted by Crippen LogP contribution is 2.38. The van der Waals surface area contributed by atoms with E-state index < -0.39 is 0 Å². The quantitative estimate of drug-likeness (QED) is 0.585. The fourth-order valence-corrected chi connectivity index (χ4v) is 2.23. The summed E-state index contributed by atoms with van der Waals surface area (Å²) in [4.78, 5) is 11.1. The first-order valence-electron chi connectivity index (χ1n) is 4.74. The molecule has 66 valence electrons. The molecule has 1 saturated heterocycles. The average molecular weight is 165 g/mol. The second-order valence-corrected chi connectivity index (χ2v) is 3.94. The molecule has 12 heavy (non-hydrogen) atoms. The maximum atomic E-state index is 11.1. The van der Waals surface area contributed by atoms with Gasteiger partial charge in [0.1, 0.15) is 0 Å². The summed E-state index contributed by atoms with van der Waals surface area (Å²) in [6.07, 6.45) is 8.19. The number of allylic oxidation sites excluding steroid dienone is 2. The van der Waals surface area contributed by atoms with Gasteiger partial charge in [0.2, 0.25) is 0 Å². The van der Waals surface area contributed by atoms with Crippen LogP contribution in [0.1, 0.15) is 25.7 Å². The van der Waals surface area contributed by atoms with Gasteiger partial charge in [0.05, 0.1) is 0 Å². The standard InChI is InChI=1S/C10H15NO/c12-9-2-4-10(8-9)3-1-6-11-7-5-10/h2,4,11H,1,3,5-8H2. The van der Waals surface area contributed by atoms with E-state index in [1.165, 1.54) is 12.8 Å². The summed E-state index contributed by atoms with van der Waals surface area (Å²) in [6, 6.07) is 0. The van der Waals surface area contributed by atoms with Crippen LogP contribution < -0.4 is 5.32 Å². The minimum absolute atomic E-state index is 0.237.